The van der Waals surface area contributed by atoms with Crippen molar-refractivity contribution in [3.8, 4) is 0 Å². The highest BCUT2D eigenvalue weighted by molar-refractivity contribution is 7.90. The van der Waals surface area contributed by atoms with E-state index < -0.39 is 21.5 Å². The molecular weight excluding hydrogens is 322 g/mol. The predicted molar refractivity (Wildman–Crippen MR) is 83.3 cm³/mol. The SMILES string of the molecule is CS(=O)(=O)c1ccc(N2CCC(c3c(F)cccc3F)C2)nc1. The topological polar surface area (TPSA) is 50.3 Å². The largest absolute Gasteiger partial charge is 0.356 e. The minimum Gasteiger partial charge on any atom is -0.356 e. The summed E-state index contributed by atoms with van der Waals surface area (Å²) < 4.78 is 50.6. The summed E-state index contributed by atoms with van der Waals surface area (Å²) in [4.78, 5) is 6.21. The molecule has 4 nitrogen and oxygen atoms in total. The van der Waals surface area contributed by atoms with Gasteiger partial charge in [0.2, 0.25) is 0 Å². The van der Waals surface area contributed by atoms with Gasteiger partial charge in [-0.05, 0) is 30.7 Å². The molecule has 0 bridgehead atoms. The fraction of sp³-hybridized carbons (Fsp3) is 0.312. The molecule has 1 unspecified atom stereocenters. The van der Waals surface area contributed by atoms with E-state index in [1.54, 1.807) is 6.07 Å². The number of benzene rings is 1. The van der Waals surface area contributed by atoms with Crippen LogP contribution in [0.15, 0.2) is 41.4 Å². The molecule has 0 N–H and O–H groups in total. The second kappa shape index (κ2) is 5.88. The summed E-state index contributed by atoms with van der Waals surface area (Å²) in [7, 11) is -3.29. The van der Waals surface area contributed by atoms with E-state index in [1.165, 1.54) is 30.5 Å². The molecule has 2 aromatic rings. The first-order valence-corrected chi connectivity index (χ1v) is 9.10. The van der Waals surface area contributed by atoms with Gasteiger partial charge in [-0.2, -0.15) is 0 Å². The highest BCUT2D eigenvalue weighted by atomic mass is 32.2. The zero-order chi connectivity index (χ0) is 16.6. The number of nitrogens with zero attached hydrogens (tertiary/aromatic N) is 2. The number of sulfone groups is 1. The Morgan fingerprint density at radius 3 is 2.43 bits per heavy atom. The van der Waals surface area contributed by atoms with Gasteiger partial charge in [0.15, 0.2) is 9.84 Å². The van der Waals surface area contributed by atoms with Crippen molar-refractivity contribution in [1.29, 1.82) is 0 Å². The molecule has 2 heterocycles. The lowest BCUT2D eigenvalue weighted by atomic mass is 9.97. The van der Waals surface area contributed by atoms with Crippen molar-refractivity contribution < 1.29 is 17.2 Å². The molecule has 0 spiro atoms. The van der Waals surface area contributed by atoms with Gasteiger partial charge in [0, 0.05) is 37.0 Å². The maximum atomic E-state index is 13.9. The van der Waals surface area contributed by atoms with E-state index in [9.17, 15) is 17.2 Å². The molecule has 0 aliphatic carbocycles. The van der Waals surface area contributed by atoms with E-state index in [-0.39, 0.29) is 16.4 Å². The zero-order valence-electron chi connectivity index (χ0n) is 12.5. The molecule has 0 radical (unpaired) electrons. The first-order chi connectivity index (χ1) is 10.9. The smallest absolute Gasteiger partial charge is 0.177 e. The second-order valence-electron chi connectivity index (χ2n) is 5.69. The summed E-state index contributed by atoms with van der Waals surface area (Å²) in [6.45, 7) is 1.06. The standard InChI is InChI=1S/C16H16F2N2O2S/c1-23(21,22)12-5-6-15(19-9-12)20-8-7-11(10-20)16-13(17)3-2-4-14(16)18/h2-6,9,11H,7-8,10H2,1H3. The van der Waals surface area contributed by atoms with Crippen LogP contribution < -0.4 is 4.90 Å². The molecule has 1 aromatic heterocycles. The molecule has 1 aliphatic heterocycles. The summed E-state index contributed by atoms with van der Waals surface area (Å²) in [5.41, 5.74) is 0.114. The first kappa shape index (κ1) is 15.9. The number of hydrogen-bond acceptors (Lipinski definition) is 4. The van der Waals surface area contributed by atoms with Crippen LogP contribution in [0.5, 0.6) is 0 Å². The molecule has 23 heavy (non-hydrogen) atoms. The van der Waals surface area contributed by atoms with E-state index in [2.05, 4.69) is 4.98 Å². The average Bonchev–Trinajstić information content (AvgIpc) is 2.96. The molecule has 1 atom stereocenters. The summed E-state index contributed by atoms with van der Waals surface area (Å²) in [6, 6.07) is 7.00. The van der Waals surface area contributed by atoms with Crippen molar-refractivity contribution in [2.75, 3.05) is 24.2 Å². The van der Waals surface area contributed by atoms with Gasteiger partial charge in [-0.1, -0.05) is 6.07 Å². The van der Waals surface area contributed by atoms with Gasteiger partial charge in [0.05, 0.1) is 4.90 Å². The Hall–Kier alpha value is -2.02. The Bertz CT molecular complexity index is 802. The van der Waals surface area contributed by atoms with Gasteiger partial charge < -0.3 is 4.90 Å². The first-order valence-electron chi connectivity index (χ1n) is 7.21. The second-order valence-corrected chi connectivity index (χ2v) is 7.71. The number of anilines is 1. The molecule has 0 saturated carbocycles. The minimum atomic E-state index is -3.29. The van der Waals surface area contributed by atoms with E-state index in [0.717, 1.165) is 6.26 Å². The third-order valence-corrected chi connectivity index (χ3v) is 5.17. The predicted octanol–water partition coefficient (Wildman–Crippen LogP) is 2.76. The third kappa shape index (κ3) is 3.19. The molecule has 1 fully saturated rings. The van der Waals surface area contributed by atoms with Crippen molar-refractivity contribution >= 4 is 15.7 Å². The molecule has 1 aliphatic rings. The number of hydrogen-bond donors (Lipinski definition) is 0. The van der Waals surface area contributed by atoms with Gasteiger partial charge in [-0.15, -0.1) is 0 Å². The maximum Gasteiger partial charge on any atom is 0.177 e. The molecule has 0 amide bonds. The molecule has 1 saturated heterocycles. The minimum absolute atomic E-state index is 0.114. The van der Waals surface area contributed by atoms with E-state index in [1.807, 2.05) is 4.90 Å². The molecule has 3 rings (SSSR count). The highest BCUT2D eigenvalue weighted by Gasteiger charge is 2.29. The van der Waals surface area contributed by atoms with Gasteiger partial charge in [0.25, 0.3) is 0 Å². The molecular formula is C16H16F2N2O2S. The van der Waals surface area contributed by atoms with Crippen LogP contribution in [0.2, 0.25) is 0 Å². The maximum absolute atomic E-state index is 13.9. The zero-order valence-corrected chi connectivity index (χ0v) is 13.4. The molecule has 1 aromatic carbocycles. The molecule has 122 valence electrons. The van der Waals surface area contributed by atoms with Crippen molar-refractivity contribution in [1.82, 2.24) is 4.98 Å². The lowest BCUT2D eigenvalue weighted by Crippen LogP contribution is -2.21. The Balaban J connectivity index is 1.80. The van der Waals surface area contributed by atoms with E-state index in [4.69, 9.17) is 0 Å². The van der Waals surface area contributed by atoms with Crippen LogP contribution in [0.4, 0.5) is 14.6 Å². The molecule has 7 heteroatoms. The lowest BCUT2D eigenvalue weighted by molar-refractivity contribution is 0.533. The number of halogens is 2. The van der Waals surface area contributed by atoms with Crippen LogP contribution in [0.3, 0.4) is 0 Å². The average molecular weight is 338 g/mol. The van der Waals surface area contributed by atoms with E-state index >= 15 is 0 Å². The summed E-state index contributed by atoms with van der Waals surface area (Å²) in [6.07, 6.45) is 3.05. The lowest BCUT2D eigenvalue weighted by Gasteiger charge is -2.18. The van der Waals surface area contributed by atoms with Crippen LogP contribution in [-0.2, 0) is 9.84 Å². The van der Waals surface area contributed by atoms with Crippen molar-refractivity contribution in [3.63, 3.8) is 0 Å². The van der Waals surface area contributed by atoms with Crippen LogP contribution in [-0.4, -0.2) is 32.7 Å². The summed E-state index contributed by atoms with van der Waals surface area (Å²) >= 11 is 0. The quantitative estimate of drug-likeness (QED) is 0.863. The monoisotopic (exact) mass is 338 g/mol. The number of pyridine rings is 1. The Labute approximate surface area is 133 Å². The van der Waals surface area contributed by atoms with Crippen molar-refractivity contribution in [2.45, 2.75) is 17.2 Å². The fourth-order valence-electron chi connectivity index (χ4n) is 2.88. The van der Waals surface area contributed by atoms with E-state index in [0.29, 0.717) is 25.3 Å². The van der Waals surface area contributed by atoms with Gasteiger partial charge in [-0.3, -0.25) is 0 Å². The normalized spacial score (nSPS) is 18.4. The van der Waals surface area contributed by atoms with Gasteiger partial charge in [0.1, 0.15) is 17.5 Å². The van der Waals surface area contributed by atoms with Crippen molar-refractivity contribution in [2.24, 2.45) is 0 Å². The number of aromatic nitrogens is 1. The Morgan fingerprint density at radius 2 is 1.87 bits per heavy atom. The number of rotatable bonds is 3. The fourth-order valence-corrected chi connectivity index (χ4v) is 3.44. The van der Waals surface area contributed by atoms with Gasteiger partial charge >= 0.3 is 0 Å². The van der Waals surface area contributed by atoms with Crippen LogP contribution in [0, 0.1) is 11.6 Å². The van der Waals surface area contributed by atoms with Crippen LogP contribution >= 0.6 is 0 Å². The third-order valence-electron chi connectivity index (χ3n) is 4.07. The van der Waals surface area contributed by atoms with Crippen LogP contribution in [0.1, 0.15) is 17.9 Å². The van der Waals surface area contributed by atoms with Gasteiger partial charge in [-0.25, -0.2) is 22.2 Å². The van der Waals surface area contributed by atoms with Crippen LogP contribution in [0.25, 0.3) is 0 Å². The summed E-state index contributed by atoms with van der Waals surface area (Å²) in [5.74, 6) is -0.696. The highest BCUT2D eigenvalue weighted by Crippen LogP contribution is 2.33. The Kier molecular flexibility index (Phi) is 4.06. The van der Waals surface area contributed by atoms with Crippen molar-refractivity contribution in [3.05, 3.63) is 53.7 Å². The Morgan fingerprint density at radius 1 is 1.17 bits per heavy atom. The summed E-state index contributed by atoms with van der Waals surface area (Å²) in [5, 5.41) is 0.